The van der Waals surface area contributed by atoms with Crippen molar-refractivity contribution in [2.24, 2.45) is 0 Å². The van der Waals surface area contributed by atoms with Gasteiger partial charge in [0.25, 0.3) is 0 Å². The van der Waals surface area contributed by atoms with Crippen LogP contribution in [-0.2, 0) is 9.09 Å². The second-order valence-electron chi connectivity index (χ2n) is 20.1. The molecule has 0 radical (unpaired) electrons. The average molecular weight is 991 g/mol. The summed E-state index contributed by atoms with van der Waals surface area (Å²) in [7, 11) is 1.78. The minimum Gasteiger partial charge on any atom is -0.490 e. The molecule has 1 heterocycles. The van der Waals surface area contributed by atoms with E-state index in [2.05, 4.69) is 26.0 Å². The van der Waals surface area contributed by atoms with Crippen molar-refractivity contribution < 1.29 is 37.6 Å². The highest BCUT2D eigenvalue weighted by Crippen LogP contribution is 2.47. The Kier molecular flexibility index (Phi) is 33.1. The van der Waals surface area contributed by atoms with Crippen molar-refractivity contribution in [3.63, 3.8) is 0 Å². The fourth-order valence-electron chi connectivity index (χ4n) is 8.39. The van der Waals surface area contributed by atoms with Crippen LogP contribution in [0, 0.1) is 0 Å². The molecule has 0 aromatic heterocycles. The van der Waals surface area contributed by atoms with Gasteiger partial charge in [-0.05, 0) is 73.9 Å². The van der Waals surface area contributed by atoms with Gasteiger partial charge >= 0.3 is 7.82 Å². The summed E-state index contributed by atoms with van der Waals surface area (Å²) in [5.74, 6) is 3.84. The monoisotopic (exact) mass is 991 g/mol. The van der Waals surface area contributed by atoms with Gasteiger partial charge in [0.15, 0.2) is 11.5 Å². The lowest BCUT2D eigenvalue weighted by Gasteiger charge is -2.31. The van der Waals surface area contributed by atoms with Crippen LogP contribution in [0.5, 0.6) is 17.2 Å². The zero-order valence-electron chi connectivity index (χ0n) is 43.1. The highest BCUT2D eigenvalue weighted by Gasteiger charge is 2.30. The molecule has 0 amide bonds. The van der Waals surface area contributed by atoms with E-state index in [0.717, 1.165) is 53.4 Å². The molecule has 3 rings (SSSR count). The highest BCUT2D eigenvalue weighted by molar-refractivity contribution is 8.17. The van der Waals surface area contributed by atoms with Crippen molar-refractivity contribution in [2.45, 2.75) is 210 Å². The van der Waals surface area contributed by atoms with Gasteiger partial charge in [0, 0.05) is 17.4 Å². The molecule has 8 nitrogen and oxygen atoms in total. The Morgan fingerprint density at radius 2 is 1.06 bits per heavy atom. The summed E-state index contributed by atoms with van der Waals surface area (Å²) >= 11 is 3.56. The van der Waals surface area contributed by atoms with E-state index in [0.29, 0.717) is 30.0 Å². The predicted molar refractivity (Wildman–Crippen MR) is 289 cm³/mol. The normalized spacial score (nSPS) is 16.9. The minimum absolute atomic E-state index is 0.00558. The van der Waals surface area contributed by atoms with Crippen LogP contribution < -0.4 is 14.0 Å². The molecule has 1 aliphatic heterocycles. The fraction of sp³-hybridized carbons (Fsp3) is 0.750. The van der Waals surface area contributed by atoms with Gasteiger partial charge in [-0.2, -0.15) is 0 Å². The van der Waals surface area contributed by atoms with Crippen LogP contribution in [0.15, 0.2) is 54.6 Å². The zero-order chi connectivity index (χ0) is 48.3. The van der Waals surface area contributed by atoms with Gasteiger partial charge in [-0.3, -0.25) is 9.42 Å². The third kappa shape index (κ3) is 29.3. The quantitative estimate of drug-likeness (QED) is 0.0292. The van der Waals surface area contributed by atoms with E-state index in [-0.39, 0.29) is 17.1 Å². The van der Waals surface area contributed by atoms with E-state index in [1.165, 1.54) is 161 Å². The Hall–Kier alpha value is -1.65. The number of benzene rings is 2. The summed E-state index contributed by atoms with van der Waals surface area (Å²) in [5, 5.41) is 11.7. The standard InChI is InChI=1S/C56H96NO7PS2/c1-6-8-10-12-14-16-18-20-22-23-25-27-29-31-33-35-44-62-54-46-50(38-41-53(54)61-43-34-32-30-28-26-24-21-19-17-15-13-11-9-7-2)55(58)56-66-47-51(48-67-56)49-36-39-52(40-37-49)64-65(59,60)63-45-42-57(3,4)5/h20,22,36-41,46,51,55-56,58H,6-19,21,23-35,42-45,47-48H2,1-5H3/p+1/b22-20+. The first-order valence-corrected chi connectivity index (χ1v) is 30.6. The second-order valence-corrected chi connectivity index (χ2v) is 24.1. The van der Waals surface area contributed by atoms with Crippen LogP contribution in [0.25, 0.3) is 0 Å². The molecule has 67 heavy (non-hydrogen) atoms. The number of aliphatic hydroxyl groups excluding tert-OH is 1. The van der Waals surface area contributed by atoms with Crippen LogP contribution in [0.4, 0.5) is 0 Å². The number of aliphatic hydroxyl groups is 1. The highest BCUT2D eigenvalue weighted by atomic mass is 32.2. The van der Waals surface area contributed by atoms with Gasteiger partial charge in [0.2, 0.25) is 0 Å². The van der Waals surface area contributed by atoms with E-state index in [1.54, 1.807) is 35.7 Å². The van der Waals surface area contributed by atoms with Gasteiger partial charge in [0.1, 0.15) is 25.0 Å². The summed E-state index contributed by atoms with van der Waals surface area (Å²) < 4.78 is 36.5. The molecular formula is C56H97NO7PS2+. The smallest absolute Gasteiger partial charge is 0.490 e. The summed E-state index contributed by atoms with van der Waals surface area (Å²) in [6.45, 7) is 6.61. The lowest BCUT2D eigenvalue weighted by Crippen LogP contribution is -2.37. The maximum Gasteiger partial charge on any atom is 0.527 e. The van der Waals surface area contributed by atoms with Crippen molar-refractivity contribution >= 4 is 31.3 Å². The summed E-state index contributed by atoms with van der Waals surface area (Å²) in [5.41, 5.74) is 2.00. The van der Waals surface area contributed by atoms with E-state index in [1.807, 2.05) is 51.5 Å². The average Bonchev–Trinajstić information content (AvgIpc) is 3.31. The van der Waals surface area contributed by atoms with Crippen LogP contribution in [-0.4, -0.2) is 78.1 Å². The van der Waals surface area contributed by atoms with E-state index in [4.69, 9.17) is 18.5 Å². The zero-order valence-corrected chi connectivity index (χ0v) is 45.6. The number of phosphoric acid groups is 1. The Bertz CT molecular complexity index is 1580. The number of phosphoric ester groups is 1. The molecule has 2 N–H and O–H groups in total. The van der Waals surface area contributed by atoms with Gasteiger partial charge in [-0.15, -0.1) is 23.5 Å². The third-order valence-corrected chi connectivity index (χ3v) is 16.9. The number of unbranched alkanes of at least 4 members (excludes halogenated alkanes) is 25. The Morgan fingerprint density at radius 3 is 1.54 bits per heavy atom. The molecule has 1 aliphatic rings. The van der Waals surface area contributed by atoms with Crippen molar-refractivity contribution in [3.8, 4) is 17.2 Å². The lowest BCUT2D eigenvalue weighted by molar-refractivity contribution is -0.870. The summed E-state index contributed by atoms with van der Waals surface area (Å²) in [6, 6.07) is 13.4. The van der Waals surface area contributed by atoms with E-state index >= 15 is 0 Å². The van der Waals surface area contributed by atoms with Gasteiger partial charge in [0.05, 0.1) is 38.9 Å². The largest absolute Gasteiger partial charge is 0.527 e. The SMILES string of the molecule is CCCCCCCC/C=C/CCCCCCCCOc1cc(C(O)C2SCC(c3ccc(OP(=O)(O)OCC[N+](C)(C)C)cc3)CS2)ccc1OCCCCCCCCCCCCCCCC. The molecule has 0 aliphatic carbocycles. The lowest BCUT2D eigenvalue weighted by atomic mass is 10.0. The number of allylic oxidation sites excluding steroid dienone is 2. The van der Waals surface area contributed by atoms with E-state index in [9.17, 15) is 14.6 Å². The summed E-state index contributed by atoms with van der Waals surface area (Å²) in [6.07, 6.45) is 40.7. The Labute approximate surface area is 419 Å². The molecular weight excluding hydrogens is 894 g/mol. The number of quaternary nitrogens is 1. The first-order valence-electron chi connectivity index (χ1n) is 27.0. The molecule has 0 saturated carbocycles. The number of hydrogen-bond donors (Lipinski definition) is 2. The first kappa shape index (κ1) is 59.7. The van der Waals surface area contributed by atoms with Crippen molar-refractivity contribution in [1.29, 1.82) is 0 Å². The fourth-order valence-corrected chi connectivity index (χ4v) is 12.3. The van der Waals surface area contributed by atoms with Gasteiger partial charge in [-0.1, -0.05) is 185 Å². The number of ether oxygens (including phenoxy) is 2. The maximum absolute atomic E-state index is 12.5. The minimum atomic E-state index is -4.21. The molecule has 1 saturated heterocycles. The van der Waals surface area contributed by atoms with Crippen LogP contribution in [0.2, 0.25) is 0 Å². The number of likely N-dealkylation sites (N-methyl/N-ethyl adjacent to an activating group) is 1. The van der Waals surface area contributed by atoms with Crippen LogP contribution in [0.1, 0.15) is 217 Å². The molecule has 2 aromatic rings. The summed E-state index contributed by atoms with van der Waals surface area (Å²) in [4.78, 5) is 10.2. The Morgan fingerprint density at radius 1 is 0.612 bits per heavy atom. The molecule has 0 bridgehead atoms. The number of hydrogen-bond acceptors (Lipinski definition) is 8. The molecule has 2 unspecified atom stereocenters. The number of thioether (sulfide) groups is 2. The third-order valence-electron chi connectivity index (χ3n) is 12.7. The number of rotatable bonds is 42. The topological polar surface area (TPSA) is 94.5 Å². The van der Waals surface area contributed by atoms with Crippen molar-refractivity contribution in [2.75, 3.05) is 59.0 Å². The molecule has 11 heteroatoms. The van der Waals surface area contributed by atoms with Crippen LogP contribution in [0.3, 0.4) is 0 Å². The van der Waals surface area contributed by atoms with E-state index < -0.39 is 13.9 Å². The Balaban J connectivity index is 1.43. The molecule has 2 aromatic carbocycles. The predicted octanol–water partition coefficient (Wildman–Crippen LogP) is 16.8. The van der Waals surface area contributed by atoms with Gasteiger partial charge < -0.3 is 23.6 Å². The first-order chi connectivity index (χ1) is 32.5. The van der Waals surface area contributed by atoms with Crippen molar-refractivity contribution in [3.05, 3.63) is 65.7 Å². The second kappa shape index (κ2) is 37.2. The van der Waals surface area contributed by atoms with Crippen LogP contribution >= 0.6 is 31.3 Å². The molecule has 1 fully saturated rings. The number of nitrogens with zero attached hydrogens (tertiary/aromatic N) is 1. The van der Waals surface area contributed by atoms with Gasteiger partial charge in [-0.25, -0.2) is 4.57 Å². The molecule has 0 spiro atoms. The molecule has 384 valence electrons. The maximum atomic E-state index is 12.5. The molecule has 2 atom stereocenters. The van der Waals surface area contributed by atoms with Crippen molar-refractivity contribution in [1.82, 2.24) is 0 Å².